The molecule has 1 rings (SSSR count). The van der Waals surface area contributed by atoms with Gasteiger partial charge in [-0.3, -0.25) is 0 Å². The van der Waals surface area contributed by atoms with Gasteiger partial charge in [0.15, 0.2) is 0 Å². The fraction of sp³-hybridized carbons (Fsp3) is 1.00. The molecule has 0 heterocycles. The molecule has 0 aliphatic heterocycles. The highest BCUT2D eigenvalue weighted by atomic mass is 14.9. The summed E-state index contributed by atoms with van der Waals surface area (Å²) in [7, 11) is 0. The van der Waals surface area contributed by atoms with Crippen LogP contribution in [-0.4, -0.2) is 12.6 Å². The van der Waals surface area contributed by atoms with Crippen molar-refractivity contribution in [1.82, 2.24) is 5.32 Å². The third-order valence-corrected chi connectivity index (χ3v) is 2.43. The van der Waals surface area contributed by atoms with E-state index < -0.39 is 0 Å². The number of hydrogen-bond acceptors (Lipinski definition) is 1. The minimum absolute atomic E-state index is 0.828. The summed E-state index contributed by atoms with van der Waals surface area (Å²) in [5, 5.41) is 3.51. The average Bonchev–Trinajstić information content (AvgIpc) is 1.88. The molecule has 0 aromatic carbocycles. The van der Waals surface area contributed by atoms with Gasteiger partial charge in [-0.25, -0.2) is 0 Å². The van der Waals surface area contributed by atoms with E-state index in [1.807, 2.05) is 0 Å². The Labute approximate surface area is 64.2 Å². The smallest absolute Gasteiger partial charge is 0.00694 e. The zero-order chi connectivity index (χ0) is 7.40. The largest absolute Gasteiger partial charge is 0.314 e. The zero-order valence-corrected chi connectivity index (χ0v) is 7.19. The van der Waals surface area contributed by atoms with Crippen molar-refractivity contribution in [3.8, 4) is 0 Å². The third-order valence-electron chi connectivity index (χ3n) is 2.43. The molecule has 1 saturated carbocycles. The molecule has 10 heavy (non-hydrogen) atoms. The second-order valence-corrected chi connectivity index (χ2v) is 3.53. The van der Waals surface area contributed by atoms with E-state index in [4.69, 9.17) is 0 Å². The van der Waals surface area contributed by atoms with Gasteiger partial charge < -0.3 is 5.32 Å². The molecule has 1 N–H and O–H groups in total. The molecule has 1 fully saturated rings. The van der Waals surface area contributed by atoms with E-state index in [0.29, 0.717) is 0 Å². The highest BCUT2D eigenvalue weighted by Crippen LogP contribution is 2.23. The molecular formula is C9H19N. The molecule has 1 aliphatic carbocycles. The standard InChI is InChI=1S/C9H19N/c1-3-10-9-6-4-5-8(2)7-9/h8-10H,3-7H2,1-2H3/t8-,9-/m1/s1. The van der Waals surface area contributed by atoms with Gasteiger partial charge in [0.25, 0.3) is 0 Å². The first-order valence-corrected chi connectivity index (χ1v) is 4.56. The fourth-order valence-electron chi connectivity index (χ4n) is 1.91. The molecule has 1 aliphatic rings. The second kappa shape index (κ2) is 3.97. The van der Waals surface area contributed by atoms with Gasteiger partial charge in [-0.15, -0.1) is 0 Å². The van der Waals surface area contributed by atoms with E-state index in [1.165, 1.54) is 25.7 Å². The van der Waals surface area contributed by atoms with Crippen molar-refractivity contribution in [2.75, 3.05) is 6.54 Å². The van der Waals surface area contributed by atoms with Gasteiger partial charge in [0.2, 0.25) is 0 Å². The molecule has 0 aromatic heterocycles. The summed E-state index contributed by atoms with van der Waals surface area (Å²) in [6.45, 7) is 5.69. The van der Waals surface area contributed by atoms with Gasteiger partial charge in [0.05, 0.1) is 0 Å². The average molecular weight is 141 g/mol. The van der Waals surface area contributed by atoms with E-state index in [9.17, 15) is 0 Å². The van der Waals surface area contributed by atoms with Gasteiger partial charge in [-0.2, -0.15) is 0 Å². The second-order valence-electron chi connectivity index (χ2n) is 3.53. The van der Waals surface area contributed by atoms with Crippen molar-refractivity contribution in [3.63, 3.8) is 0 Å². The summed E-state index contributed by atoms with van der Waals surface area (Å²) in [6.07, 6.45) is 5.67. The Hall–Kier alpha value is -0.0400. The van der Waals surface area contributed by atoms with Crippen LogP contribution in [0.15, 0.2) is 0 Å². The Morgan fingerprint density at radius 2 is 2.20 bits per heavy atom. The third kappa shape index (κ3) is 2.30. The lowest BCUT2D eigenvalue weighted by Gasteiger charge is -2.26. The molecule has 2 atom stereocenters. The van der Waals surface area contributed by atoms with E-state index in [-0.39, 0.29) is 0 Å². The summed E-state index contributed by atoms with van der Waals surface area (Å²) in [6, 6.07) is 0.828. The molecule has 0 aromatic rings. The van der Waals surface area contributed by atoms with E-state index >= 15 is 0 Å². The van der Waals surface area contributed by atoms with Gasteiger partial charge in [0.1, 0.15) is 0 Å². The highest BCUT2D eigenvalue weighted by Gasteiger charge is 2.16. The van der Waals surface area contributed by atoms with Crippen LogP contribution in [0, 0.1) is 5.92 Å². The Balaban J connectivity index is 2.18. The minimum atomic E-state index is 0.828. The summed E-state index contributed by atoms with van der Waals surface area (Å²) in [5.41, 5.74) is 0. The van der Waals surface area contributed by atoms with Crippen molar-refractivity contribution >= 4 is 0 Å². The Morgan fingerprint density at radius 3 is 2.80 bits per heavy atom. The zero-order valence-electron chi connectivity index (χ0n) is 7.19. The predicted octanol–water partition coefficient (Wildman–Crippen LogP) is 2.17. The molecule has 0 bridgehead atoms. The van der Waals surface area contributed by atoms with Crippen LogP contribution < -0.4 is 5.32 Å². The molecule has 0 saturated heterocycles. The Bertz CT molecular complexity index is 88.7. The molecule has 60 valence electrons. The summed E-state index contributed by atoms with van der Waals surface area (Å²) >= 11 is 0. The summed E-state index contributed by atoms with van der Waals surface area (Å²) in [4.78, 5) is 0. The Morgan fingerprint density at radius 1 is 1.40 bits per heavy atom. The summed E-state index contributed by atoms with van der Waals surface area (Å²) in [5.74, 6) is 0.956. The summed E-state index contributed by atoms with van der Waals surface area (Å²) < 4.78 is 0. The van der Waals surface area contributed by atoms with Crippen molar-refractivity contribution in [2.45, 2.75) is 45.6 Å². The topological polar surface area (TPSA) is 12.0 Å². The van der Waals surface area contributed by atoms with Crippen LogP contribution in [-0.2, 0) is 0 Å². The van der Waals surface area contributed by atoms with Crippen LogP contribution in [0.25, 0.3) is 0 Å². The quantitative estimate of drug-likeness (QED) is 0.621. The molecule has 0 spiro atoms. The van der Waals surface area contributed by atoms with E-state index in [2.05, 4.69) is 19.2 Å². The van der Waals surface area contributed by atoms with Crippen LogP contribution in [0.3, 0.4) is 0 Å². The van der Waals surface area contributed by atoms with Crippen LogP contribution in [0.4, 0.5) is 0 Å². The van der Waals surface area contributed by atoms with Crippen LogP contribution in [0.5, 0.6) is 0 Å². The van der Waals surface area contributed by atoms with Gasteiger partial charge in [-0.1, -0.05) is 26.7 Å². The lowest BCUT2D eigenvalue weighted by Crippen LogP contribution is -2.33. The van der Waals surface area contributed by atoms with Gasteiger partial charge >= 0.3 is 0 Å². The van der Waals surface area contributed by atoms with Gasteiger partial charge in [0, 0.05) is 6.04 Å². The first-order chi connectivity index (χ1) is 4.83. The normalized spacial score (nSPS) is 34.2. The molecule has 0 radical (unpaired) electrons. The molecule has 1 nitrogen and oxygen atoms in total. The van der Waals surface area contributed by atoms with Crippen molar-refractivity contribution in [1.29, 1.82) is 0 Å². The fourth-order valence-corrected chi connectivity index (χ4v) is 1.91. The molecule has 1 heteroatoms. The predicted molar refractivity (Wildman–Crippen MR) is 45.1 cm³/mol. The van der Waals surface area contributed by atoms with Crippen molar-refractivity contribution < 1.29 is 0 Å². The lowest BCUT2D eigenvalue weighted by atomic mass is 9.87. The highest BCUT2D eigenvalue weighted by molar-refractivity contribution is 4.74. The Kier molecular flexibility index (Phi) is 3.20. The number of hydrogen-bond donors (Lipinski definition) is 1. The number of rotatable bonds is 2. The maximum Gasteiger partial charge on any atom is 0.00694 e. The van der Waals surface area contributed by atoms with E-state index in [0.717, 1.165) is 18.5 Å². The van der Waals surface area contributed by atoms with E-state index in [1.54, 1.807) is 0 Å². The first-order valence-electron chi connectivity index (χ1n) is 4.56. The maximum absolute atomic E-state index is 3.51. The molecule has 0 amide bonds. The molecular weight excluding hydrogens is 122 g/mol. The van der Waals surface area contributed by atoms with Crippen LogP contribution in [0.2, 0.25) is 0 Å². The maximum atomic E-state index is 3.51. The SMILES string of the molecule is CCN[C@@H]1CCC[C@@H](C)C1. The number of nitrogens with one attached hydrogen (secondary N) is 1. The minimum Gasteiger partial charge on any atom is -0.314 e. The van der Waals surface area contributed by atoms with Crippen LogP contribution in [0.1, 0.15) is 39.5 Å². The monoisotopic (exact) mass is 141 g/mol. The van der Waals surface area contributed by atoms with Crippen molar-refractivity contribution in [3.05, 3.63) is 0 Å². The molecule has 0 unspecified atom stereocenters. The first kappa shape index (κ1) is 8.06. The van der Waals surface area contributed by atoms with Gasteiger partial charge in [-0.05, 0) is 25.3 Å². The van der Waals surface area contributed by atoms with Crippen molar-refractivity contribution in [2.24, 2.45) is 5.92 Å². The lowest BCUT2D eigenvalue weighted by molar-refractivity contribution is 0.305. The van der Waals surface area contributed by atoms with Crippen LogP contribution >= 0.6 is 0 Å².